The Kier molecular flexibility index (Phi) is 4.26. The number of sulfonamides is 1. The fourth-order valence-corrected chi connectivity index (χ4v) is 3.18. The van der Waals surface area contributed by atoms with Crippen LogP contribution in [0.25, 0.3) is 5.65 Å². The van der Waals surface area contributed by atoms with Crippen LogP contribution in [0.4, 0.5) is 5.82 Å². The number of nitrogen functional groups attached to an aromatic ring is 1. The summed E-state index contributed by atoms with van der Waals surface area (Å²) in [5, 5.41) is -0.00732. The predicted molar refractivity (Wildman–Crippen MR) is 75.9 cm³/mol. The van der Waals surface area contributed by atoms with E-state index in [1.807, 2.05) is 6.92 Å². The highest BCUT2D eigenvalue weighted by Crippen LogP contribution is 2.22. The van der Waals surface area contributed by atoms with E-state index < -0.39 is 10.0 Å². The van der Waals surface area contributed by atoms with Crippen molar-refractivity contribution in [3.05, 3.63) is 24.4 Å². The van der Waals surface area contributed by atoms with Crippen LogP contribution in [0.3, 0.4) is 0 Å². The Bertz CT molecular complexity index is 696. The third-order valence-electron chi connectivity index (χ3n) is 2.92. The first-order chi connectivity index (χ1) is 9.48. The van der Waals surface area contributed by atoms with Crippen molar-refractivity contribution in [1.82, 2.24) is 13.7 Å². The molecule has 0 amide bonds. The molecule has 0 aliphatic rings. The number of aromatic nitrogens is 2. The molecule has 0 bridgehead atoms. The summed E-state index contributed by atoms with van der Waals surface area (Å²) in [6.07, 6.45) is 1.63. The first kappa shape index (κ1) is 14.8. The van der Waals surface area contributed by atoms with Gasteiger partial charge in [-0.25, -0.2) is 13.4 Å². The van der Waals surface area contributed by atoms with E-state index in [9.17, 15) is 8.42 Å². The number of hydrogen-bond acceptors (Lipinski definition) is 5. The SMILES string of the molecule is CCOCCN(C)S(=O)(=O)c1c(N)nc2ccccn12. The second kappa shape index (κ2) is 5.78. The minimum absolute atomic E-state index is 0.000500. The number of rotatable bonds is 6. The minimum Gasteiger partial charge on any atom is -0.381 e. The van der Waals surface area contributed by atoms with Crippen molar-refractivity contribution in [3.8, 4) is 0 Å². The van der Waals surface area contributed by atoms with Gasteiger partial charge in [-0.1, -0.05) is 6.07 Å². The van der Waals surface area contributed by atoms with Crippen molar-refractivity contribution in [2.45, 2.75) is 11.9 Å². The molecule has 0 aromatic carbocycles. The lowest BCUT2D eigenvalue weighted by atomic mass is 10.5. The zero-order chi connectivity index (χ0) is 14.8. The molecule has 110 valence electrons. The lowest BCUT2D eigenvalue weighted by Crippen LogP contribution is -2.31. The molecule has 20 heavy (non-hydrogen) atoms. The van der Waals surface area contributed by atoms with Crippen molar-refractivity contribution in [3.63, 3.8) is 0 Å². The van der Waals surface area contributed by atoms with E-state index in [1.165, 1.54) is 15.8 Å². The van der Waals surface area contributed by atoms with Crippen LogP contribution in [0, 0.1) is 0 Å². The molecule has 2 aromatic heterocycles. The van der Waals surface area contributed by atoms with Crippen molar-refractivity contribution in [2.24, 2.45) is 0 Å². The molecule has 0 aliphatic heterocycles. The number of likely N-dealkylation sites (N-methyl/N-ethyl adjacent to an activating group) is 1. The standard InChI is InChI=1S/C12H18N4O3S/c1-3-19-9-8-15(2)20(17,18)12-11(13)14-10-6-4-5-7-16(10)12/h4-7H,3,8-9,13H2,1-2H3. The maximum Gasteiger partial charge on any atom is 0.262 e. The number of nitrogens with zero attached hydrogens (tertiary/aromatic N) is 3. The van der Waals surface area contributed by atoms with Gasteiger partial charge in [0.2, 0.25) is 0 Å². The van der Waals surface area contributed by atoms with Crippen LogP contribution in [0.5, 0.6) is 0 Å². The maximum atomic E-state index is 12.6. The number of anilines is 1. The van der Waals surface area contributed by atoms with Crippen LogP contribution in [0.1, 0.15) is 6.92 Å². The quantitative estimate of drug-likeness (QED) is 0.788. The smallest absolute Gasteiger partial charge is 0.262 e. The zero-order valence-corrected chi connectivity index (χ0v) is 12.3. The Morgan fingerprint density at radius 1 is 1.45 bits per heavy atom. The number of ether oxygens (including phenoxy) is 1. The number of pyridine rings is 1. The molecule has 2 aromatic rings. The lowest BCUT2D eigenvalue weighted by molar-refractivity contribution is 0.138. The number of imidazole rings is 1. The molecule has 0 unspecified atom stereocenters. The molecule has 0 saturated carbocycles. The fourth-order valence-electron chi connectivity index (χ4n) is 1.85. The summed E-state index contributed by atoms with van der Waals surface area (Å²) >= 11 is 0. The van der Waals surface area contributed by atoms with Gasteiger partial charge in [-0.15, -0.1) is 0 Å². The highest BCUT2D eigenvalue weighted by atomic mass is 32.2. The topological polar surface area (TPSA) is 89.9 Å². The Morgan fingerprint density at radius 3 is 2.90 bits per heavy atom. The van der Waals surface area contributed by atoms with E-state index in [1.54, 1.807) is 24.4 Å². The van der Waals surface area contributed by atoms with Gasteiger partial charge in [0.1, 0.15) is 5.65 Å². The summed E-state index contributed by atoms with van der Waals surface area (Å²) in [7, 11) is -2.21. The second-order valence-electron chi connectivity index (χ2n) is 4.25. The predicted octanol–water partition coefficient (Wildman–Crippen LogP) is 0.573. The van der Waals surface area contributed by atoms with Crippen molar-refractivity contribution >= 4 is 21.5 Å². The Hall–Kier alpha value is -1.64. The average Bonchev–Trinajstić information content (AvgIpc) is 2.75. The average molecular weight is 298 g/mol. The van der Waals surface area contributed by atoms with Gasteiger partial charge in [-0.2, -0.15) is 4.31 Å². The molecular formula is C12H18N4O3S. The maximum absolute atomic E-state index is 12.6. The molecule has 0 spiro atoms. The van der Waals surface area contributed by atoms with Crippen LogP contribution in [0.15, 0.2) is 29.4 Å². The molecule has 0 fully saturated rings. The number of fused-ring (bicyclic) bond motifs is 1. The molecule has 0 aliphatic carbocycles. The third-order valence-corrected chi connectivity index (χ3v) is 4.82. The van der Waals surface area contributed by atoms with Crippen LogP contribution in [0.2, 0.25) is 0 Å². The minimum atomic E-state index is -3.70. The van der Waals surface area contributed by atoms with Crippen molar-refractivity contribution in [2.75, 3.05) is 32.5 Å². The largest absolute Gasteiger partial charge is 0.381 e. The van der Waals surface area contributed by atoms with Crippen molar-refractivity contribution in [1.29, 1.82) is 0 Å². The van der Waals surface area contributed by atoms with Gasteiger partial charge in [-0.3, -0.25) is 4.40 Å². The summed E-state index contributed by atoms with van der Waals surface area (Å²) < 4.78 is 33.0. The van der Waals surface area contributed by atoms with Crippen LogP contribution >= 0.6 is 0 Å². The highest BCUT2D eigenvalue weighted by molar-refractivity contribution is 7.89. The summed E-state index contributed by atoms with van der Waals surface area (Å²) in [6, 6.07) is 5.21. The lowest BCUT2D eigenvalue weighted by Gasteiger charge is -2.16. The summed E-state index contributed by atoms with van der Waals surface area (Å²) in [5.41, 5.74) is 6.26. The normalized spacial score (nSPS) is 12.3. The molecule has 0 saturated heterocycles. The molecule has 0 atom stereocenters. The fraction of sp³-hybridized carbons (Fsp3) is 0.417. The van der Waals surface area contributed by atoms with Gasteiger partial charge in [0.15, 0.2) is 10.8 Å². The molecule has 0 radical (unpaired) electrons. The van der Waals surface area contributed by atoms with Gasteiger partial charge in [0, 0.05) is 26.4 Å². The molecule has 2 rings (SSSR count). The zero-order valence-electron chi connectivity index (χ0n) is 11.5. The van der Waals surface area contributed by atoms with Gasteiger partial charge < -0.3 is 10.5 Å². The molecule has 7 nitrogen and oxygen atoms in total. The van der Waals surface area contributed by atoms with Crippen LogP contribution in [-0.4, -0.2) is 48.9 Å². The third kappa shape index (κ3) is 2.62. The van der Waals surface area contributed by atoms with Gasteiger partial charge in [-0.05, 0) is 19.1 Å². The Labute approximate surface area is 118 Å². The molecule has 2 heterocycles. The van der Waals surface area contributed by atoms with Gasteiger partial charge in [0.05, 0.1) is 6.61 Å². The van der Waals surface area contributed by atoms with E-state index in [0.29, 0.717) is 18.9 Å². The first-order valence-corrected chi connectivity index (χ1v) is 7.69. The Morgan fingerprint density at radius 2 is 2.20 bits per heavy atom. The molecule has 8 heteroatoms. The van der Waals surface area contributed by atoms with Crippen LogP contribution < -0.4 is 5.73 Å². The number of nitrogens with two attached hydrogens (primary N) is 1. The molecular weight excluding hydrogens is 280 g/mol. The van der Waals surface area contributed by atoms with E-state index >= 15 is 0 Å². The molecule has 2 N–H and O–H groups in total. The van der Waals surface area contributed by atoms with Gasteiger partial charge >= 0.3 is 0 Å². The summed E-state index contributed by atoms with van der Waals surface area (Å²) in [6.45, 7) is 3.00. The summed E-state index contributed by atoms with van der Waals surface area (Å²) in [4.78, 5) is 4.06. The number of hydrogen-bond donors (Lipinski definition) is 1. The first-order valence-electron chi connectivity index (χ1n) is 6.25. The highest BCUT2D eigenvalue weighted by Gasteiger charge is 2.27. The summed E-state index contributed by atoms with van der Waals surface area (Å²) in [5.74, 6) is -0.000500. The van der Waals surface area contributed by atoms with E-state index in [2.05, 4.69) is 4.98 Å². The van der Waals surface area contributed by atoms with Crippen molar-refractivity contribution < 1.29 is 13.2 Å². The Balaban J connectivity index is 2.39. The van der Waals surface area contributed by atoms with E-state index in [-0.39, 0.29) is 17.4 Å². The van der Waals surface area contributed by atoms with Crippen LogP contribution in [-0.2, 0) is 14.8 Å². The van der Waals surface area contributed by atoms with E-state index in [0.717, 1.165) is 0 Å². The second-order valence-corrected chi connectivity index (χ2v) is 6.21. The van der Waals surface area contributed by atoms with E-state index in [4.69, 9.17) is 10.5 Å². The monoisotopic (exact) mass is 298 g/mol. The van der Waals surface area contributed by atoms with Gasteiger partial charge in [0.25, 0.3) is 10.0 Å².